The Morgan fingerprint density at radius 3 is 2.65 bits per heavy atom. The van der Waals surface area contributed by atoms with E-state index in [1.807, 2.05) is 19.1 Å². The molecule has 0 aliphatic carbocycles. The van der Waals surface area contributed by atoms with Crippen molar-refractivity contribution in [3.63, 3.8) is 0 Å². The smallest absolute Gasteiger partial charge is 0.372 e. The van der Waals surface area contributed by atoms with Crippen molar-refractivity contribution in [1.29, 1.82) is 0 Å². The SMILES string of the molecule is CNc1nc(Nc2cc(C)cc3[nH]ncc23)ncc1C(F)(F)F. The van der Waals surface area contributed by atoms with Crippen molar-refractivity contribution in [3.05, 3.63) is 35.7 Å². The van der Waals surface area contributed by atoms with Gasteiger partial charge in [0, 0.05) is 18.6 Å². The maximum atomic E-state index is 12.9. The number of nitrogens with zero attached hydrogens (tertiary/aromatic N) is 3. The van der Waals surface area contributed by atoms with Crippen molar-refractivity contribution in [3.8, 4) is 0 Å². The van der Waals surface area contributed by atoms with Crippen molar-refractivity contribution in [2.45, 2.75) is 13.1 Å². The van der Waals surface area contributed by atoms with E-state index in [0.29, 0.717) is 5.69 Å². The van der Waals surface area contributed by atoms with Crippen molar-refractivity contribution >= 4 is 28.4 Å². The Bertz CT molecular complexity index is 855. The summed E-state index contributed by atoms with van der Waals surface area (Å²) in [7, 11) is 1.38. The van der Waals surface area contributed by atoms with Crippen molar-refractivity contribution in [1.82, 2.24) is 20.2 Å². The first-order valence-corrected chi connectivity index (χ1v) is 6.71. The molecule has 9 heteroatoms. The quantitative estimate of drug-likeness (QED) is 0.688. The number of halogens is 3. The lowest BCUT2D eigenvalue weighted by Crippen LogP contribution is -2.12. The van der Waals surface area contributed by atoms with E-state index in [1.54, 1.807) is 6.20 Å². The number of aromatic nitrogens is 4. The molecule has 0 saturated carbocycles. The van der Waals surface area contributed by atoms with Crippen LogP contribution in [0.2, 0.25) is 0 Å². The minimum absolute atomic E-state index is 0.0652. The summed E-state index contributed by atoms with van der Waals surface area (Å²) in [6.07, 6.45) is -2.14. The molecule has 120 valence electrons. The third kappa shape index (κ3) is 2.89. The highest BCUT2D eigenvalue weighted by atomic mass is 19.4. The van der Waals surface area contributed by atoms with Gasteiger partial charge in [-0.15, -0.1) is 0 Å². The minimum atomic E-state index is -4.52. The van der Waals surface area contributed by atoms with Crippen LogP contribution in [0.4, 0.5) is 30.6 Å². The number of hydrogen-bond acceptors (Lipinski definition) is 5. The number of nitrogens with one attached hydrogen (secondary N) is 3. The van der Waals surface area contributed by atoms with E-state index in [0.717, 1.165) is 22.7 Å². The zero-order valence-corrected chi connectivity index (χ0v) is 12.3. The summed E-state index contributed by atoms with van der Waals surface area (Å²) in [5.74, 6) is -0.221. The number of H-pyrrole nitrogens is 1. The van der Waals surface area contributed by atoms with Crippen LogP contribution >= 0.6 is 0 Å². The standard InChI is InChI=1S/C14H13F3N6/c1-7-3-10(8-5-20-23-11(8)4-7)21-13-19-6-9(14(15,16)17)12(18-2)22-13/h3-6H,1-2H3,(H,20,23)(H2,18,19,21,22). The Balaban J connectivity index is 2.01. The van der Waals surface area contributed by atoms with Gasteiger partial charge in [-0.2, -0.15) is 23.3 Å². The normalized spacial score (nSPS) is 11.7. The zero-order valence-electron chi connectivity index (χ0n) is 12.3. The fourth-order valence-corrected chi connectivity index (χ4v) is 2.26. The van der Waals surface area contributed by atoms with E-state index in [9.17, 15) is 13.2 Å². The molecule has 6 nitrogen and oxygen atoms in total. The van der Waals surface area contributed by atoms with E-state index in [1.165, 1.54) is 7.05 Å². The molecular weight excluding hydrogens is 309 g/mol. The lowest BCUT2D eigenvalue weighted by atomic mass is 10.1. The third-order valence-electron chi connectivity index (χ3n) is 3.28. The van der Waals surface area contributed by atoms with Gasteiger partial charge in [0.05, 0.1) is 17.4 Å². The number of benzene rings is 1. The second-order valence-corrected chi connectivity index (χ2v) is 4.97. The van der Waals surface area contributed by atoms with Gasteiger partial charge in [-0.25, -0.2) is 4.98 Å². The first-order valence-electron chi connectivity index (χ1n) is 6.71. The third-order valence-corrected chi connectivity index (χ3v) is 3.28. The van der Waals surface area contributed by atoms with Gasteiger partial charge in [0.1, 0.15) is 11.4 Å². The molecule has 2 heterocycles. The average Bonchev–Trinajstić information content (AvgIpc) is 2.94. The van der Waals surface area contributed by atoms with Gasteiger partial charge in [-0.1, -0.05) is 0 Å². The van der Waals surface area contributed by atoms with Crippen LogP contribution in [0.5, 0.6) is 0 Å². The molecule has 23 heavy (non-hydrogen) atoms. The molecule has 1 aromatic carbocycles. The number of rotatable bonds is 3. The van der Waals surface area contributed by atoms with Crippen LogP contribution in [-0.2, 0) is 6.18 Å². The molecule has 0 bridgehead atoms. The molecule has 0 aliphatic rings. The van der Waals surface area contributed by atoms with E-state index in [2.05, 4.69) is 30.8 Å². The van der Waals surface area contributed by atoms with Gasteiger partial charge in [0.2, 0.25) is 5.95 Å². The number of hydrogen-bond donors (Lipinski definition) is 3. The molecule has 0 spiro atoms. The van der Waals surface area contributed by atoms with Gasteiger partial charge < -0.3 is 10.6 Å². The summed E-state index contributed by atoms with van der Waals surface area (Å²) in [5, 5.41) is 13.0. The number of fused-ring (bicyclic) bond motifs is 1. The van der Waals surface area contributed by atoms with E-state index in [-0.39, 0.29) is 11.8 Å². The van der Waals surface area contributed by atoms with Crippen molar-refractivity contribution in [2.75, 3.05) is 17.7 Å². The van der Waals surface area contributed by atoms with Crippen LogP contribution in [-0.4, -0.2) is 27.2 Å². The van der Waals surface area contributed by atoms with Crippen LogP contribution in [0.3, 0.4) is 0 Å². The first kappa shape index (κ1) is 15.1. The summed E-state index contributed by atoms with van der Waals surface area (Å²) < 4.78 is 38.6. The monoisotopic (exact) mass is 322 g/mol. The van der Waals surface area contributed by atoms with E-state index >= 15 is 0 Å². The largest absolute Gasteiger partial charge is 0.421 e. The Labute approximate surface area is 129 Å². The molecule has 0 aliphatic heterocycles. The summed E-state index contributed by atoms with van der Waals surface area (Å²) in [5.41, 5.74) is 1.53. The molecule has 3 N–H and O–H groups in total. The van der Waals surface area contributed by atoms with Gasteiger partial charge in [-0.05, 0) is 24.6 Å². The number of anilines is 3. The van der Waals surface area contributed by atoms with E-state index in [4.69, 9.17) is 0 Å². The van der Waals surface area contributed by atoms with Crippen LogP contribution in [0.1, 0.15) is 11.1 Å². The summed E-state index contributed by atoms with van der Waals surface area (Å²) >= 11 is 0. The second kappa shape index (κ2) is 5.41. The summed E-state index contributed by atoms with van der Waals surface area (Å²) in [4.78, 5) is 7.65. The van der Waals surface area contributed by atoms with Crippen LogP contribution in [0, 0.1) is 6.92 Å². The number of aromatic amines is 1. The predicted octanol–water partition coefficient (Wildman–Crippen LogP) is 3.47. The van der Waals surface area contributed by atoms with Gasteiger partial charge in [-0.3, -0.25) is 5.10 Å². The van der Waals surface area contributed by atoms with Crippen LogP contribution in [0.25, 0.3) is 10.9 Å². The van der Waals surface area contributed by atoms with Crippen LogP contribution in [0.15, 0.2) is 24.5 Å². The van der Waals surface area contributed by atoms with Gasteiger partial charge in [0.15, 0.2) is 0 Å². The Morgan fingerprint density at radius 2 is 1.96 bits per heavy atom. The maximum Gasteiger partial charge on any atom is 0.421 e. The highest BCUT2D eigenvalue weighted by Crippen LogP contribution is 2.34. The molecule has 0 saturated heterocycles. The molecule has 0 unspecified atom stereocenters. The van der Waals surface area contributed by atoms with Crippen LogP contribution < -0.4 is 10.6 Å². The molecule has 2 aromatic heterocycles. The lowest BCUT2D eigenvalue weighted by molar-refractivity contribution is -0.137. The topological polar surface area (TPSA) is 78.5 Å². The predicted molar refractivity (Wildman–Crippen MR) is 80.7 cm³/mol. The molecule has 0 radical (unpaired) electrons. The minimum Gasteiger partial charge on any atom is -0.372 e. The molecular formula is C14H13F3N6. The van der Waals surface area contributed by atoms with Crippen molar-refractivity contribution < 1.29 is 13.2 Å². The summed E-state index contributed by atoms with van der Waals surface area (Å²) in [6, 6.07) is 3.76. The highest BCUT2D eigenvalue weighted by molar-refractivity contribution is 5.93. The maximum absolute atomic E-state index is 12.9. The highest BCUT2D eigenvalue weighted by Gasteiger charge is 2.35. The lowest BCUT2D eigenvalue weighted by Gasteiger charge is -2.13. The molecule has 0 fully saturated rings. The Hall–Kier alpha value is -2.84. The second-order valence-electron chi connectivity index (χ2n) is 4.97. The average molecular weight is 322 g/mol. The number of alkyl halides is 3. The number of aryl methyl sites for hydroxylation is 1. The molecule has 3 rings (SSSR count). The molecule has 0 atom stereocenters. The Kier molecular flexibility index (Phi) is 3.55. The van der Waals surface area contributed by atoms with Gasteiger partial charge in [0.25, 0.3) is 0 Å². The Morgan fingerprint density at radius 1 is 1.17 bits per heavy atom. The molecule has 3 aromatic rings. The first-order chi connectivity index (χ1) is 10.9. The fourth-order valence-electron chi connectivity index (χ4n) is 2.26. The summed E-state index contributed by atoms with van der Waals surface area (Å²) in [6.45, 7) is 1.90. The molecule has 0 amide bonds. The van der Waals surface area contributed by atoms with Gasteiger partial charge >= 0.3 is 6.18 Å². The van der Waals surface area contributed by atoms with Crippen molar-refractivity contribution in [2.24, 2.45) is 0 Å². The fraction of sp³-hybridized carbons (Fsp3) is 0.214. The zero-order chi connectivity index (χ0) is 16.6. The van der Waals surface area contributed by atoms with E-state index < -0.39 is 11.7 Å².